The maximum Gasteiger partial charge on any atom is 0.0531 e. The van der Waals surface area contributed by atoms with Crippen LogP contribution in [0.3, 0.4) is 0 Å². The lowest BCUT2D eigenvalue weighted by Crippen LogP contribution is -2.15. The summed E-state index contributed by atoms with van der Waals surface area (Å²) < 4.78 is 2.45. The second-order valence-electron chi connectivity index (χ2n) is 21.5. The second-order valence-corrected chi connectivity index (χ2v) is 21.5. The highest BCUT2D eigenvalue weighted by atomic mass is 15.0. The molecule has 3 aliphatic carbocycles. The number of nitrogens with zero attached hydrogens (tertiary/aromatic N) is 1. The lowest BCUT2D eigenvalue weighted by Gasteiger charge is -2.24. The van der Waals surface area contributed by atoms with E-state index in [4.69, 9.17) is 0 Å². The van der Waals surface area contributed by atoms with Crippen molar-refractivity contribution in [2.75, 3.05) is 0 Å². The normalized spacial score (nSPS) is 15.6. The van der Waals surface area contributed by atoms with E-state index in [0.717, 1.165) is 6.42 Å². The molecule has 14 rings (SSSR count). The predicted molar refractivity (Wildman–Crippen MR) is 309 cm³/mol. The number of aromatic nitrogens is 1. The van der Waals surface area contributed by atoms with Gasteiger partial charge in [-0.05, 0) is 165 Å². The Morgan fingerprint density at radius 1 is 0.356 bits per heavy atom. The van der Waals surface area contributed by atoms with Crippen LogP contribution in [0.2, 0.25) is 0 Å². The Balaban J connectivity index is 0.893. The minimum absolute atomic E-state index is 0.105. The second kappa shape index (κ2) is 16.5. The molecule has 0 spiro atoms. The van der Waals surface area contributed by atoms with Crippen LogP contribution in [0.1, 0.15) is 68.0 Å². The number of allylic oxidation sites excluding steroid dienone is 4. The van der Waals surface area contributed by atoms with Gasteiger partial charge >= 0.3 is 0 Å². The largest absolute Gasteiger partial charge is 0.313 e. The molecule has 1 aromatic heterocycles. The maximum atomic E-state index is 2.50. The molecule has 348 valence electrons. The average molecular weight is 934 g/mol. The summed E-state index contributed by atoms with van der Waals surface area (Å²) in [5, 5.41) is 5.08. The Hall–Kier alpha value is -8.52. The van der Waals surface area contributed by atoms with Crippen LogP contribution in [-0.4, -0.2) is 4.57 Å². The van der Waals surface area contributed by atoms with Crippen molar-refractivity contribution in [2.24, 2.45) is 0 Å². The van der Waals surface area contributed by atoms with E-state index in [2.05, 4.69) is 275 Å². The summed E-state index contributed by atoms with van der Waals surface area (Å²) in [4.78, 5) is 0. The van der Waals surface area contributed by atoms with E-state index in [0.29, 0.717) is 5.92 Å². The van der Waals surface area contributed by atoms with Gasteiger partial charge in [-0.1, -0.05) is 228 Å². The fourth-order valence-electron chi connectivity index (χ4n) is 13.0. The minimum atomic E-state index is -0.115. The van der Waals surface area contributed by atoms with Crippen molar-refractivity contribution in [3.8, 4) is 83.7 Å². The molecule has 0 bridgehead atoms. The Morgan fingerprint density at radius 3 is 1.42 bits per heavy atom. The quantitative estimate of drug-likeness (QED) is 0.140. The van der Waals surface area contributed by atoms with Crippen molar-refractivity contribution in [2.45, 2.75) is 50.9 Å². The zero-order chi connectivity index (χ0) is 49.0. The van der Waals surface area contributed by atoms with E-state index < -0.39 is 0 Å². The fourth-order valence-corrected chi connectivity index (χ4v) is 13.0. The third-order valence-corrected chi connectivity index (χ3v) is 16.8. The minimum Gasteiger partial charge on any atom is -0.313 e. The third-order valence-electron chi connectivity index (χ3n) is 16.8. The molecule has 0 fully saturated rings. The van der Waals surface area contributed by atoms with E-state index in [1.165, 1.54) is 133 Å². The summed E-state index contributed by atoms with van der Waals surface area (Å²) in [5.41, 5.74) is 25.5. The van der Waals surface area contributed by atoms with Crippen molar-refractivity contribution in [3.05, 3.63) is 271 Å². The summed E-state index contributed by atoms with van der Waals surface area (Å²) in [5.74, 6) is 0.328. The highest BCUT2D eigenvalue weighted by molar-refractivity contribution is 6.22. The summed E-state index contributed by atoms with van der Waals surface area (Å²) in [7, 11) is 0. The predicted octanol–water partition coefficient (Wildman–Crippen LogP) is 19.3. The highest BCUT2D eigenvalue weighted by Crippen LogP contribution is 2.54. The van der Waals surface area contributed by atoms with Gasteiger partial charge in [0.15, 0.2) is 0 Å². The molecule has 0 N–H and O–H groups in total. The molecule has 3 aliphatic rings. The first-order valence-electron chi connectivity index (χ1n) is 26.0. The molecule has 0 aliphatic heterocycles. The number of hydrogen-bond acceptors (Lipinski definition) is 0. The molecule has 1 heteroatoms. The summed E-state index contributed by atoms with van der Waals surface area (Å²) in [6, 6.07) is 82.5. The van der Waals surface area contributed by atoms with Gasteiger partial charge in [-0.2, -0.15) is 0 Å². The van der Waals surface area contributed by atoms with Crippen molar-refractivity contribution in [3.63, 3.8) is 0 Å². The Labute approximate surface area is 429 Å². The van der Waals surface area contributed by atoms with E-state index in [1.54, 1.807) is 0 Å². The first-order chi connectivity index (χ1) is 35.7. The molecule has 0 saturated carbocycles. The van der Waals surface area contributed by atoms with Gasteiger partial charge in [-0.15, -0.1) is 0 Å². The Morgan fingerprint density at radius 2 is 0.836 bits per heavy atom. The van der Waals surface area contributed by atoms with Gasteiger partial charge in [0, 0.05) is 28.1 Å². The van der Waals surface area contributed by atoms with Gasteiger partial charge in [-0.3, -0.25) is 0 Å². The van der Waals surface area contributed by atoms with Crippen LogP contribution >= 0.6 is 0 Å². The van der Waals surface area contributed by atoms with Crippen LogP contribution in [0.4, 0.5) is 0 Å². The van der Waals surface area contributed by atoms with Gasteiger partial charge < -0.3 is 4.57 Å². The molecule has 10 aromatic carbocycles. The molecule has 1 heterocycles. The van der Waals surface area contributed by atoms with Gasteiger partial charge in [0.05, 0.1) is 5.69 Å². The van der Waals surface area contributed by atoms with Crippen molar-refractivity contribution >= 4 is 21.5 Å². The highest BCUT2D eigenvalue weighted by Gasteiger charge is 2.37. The third kappa shape index (κ3) is 6.75. The standard InChI is InChI=1S/C72H55N/c1-71(2)63-25-15-13-21-55(63)57-38-34-52(44-65(57)71)69-59-23-11-12-24-60(59)70(53-35-39-58-56-22-14-16-26-64(56)72(3,4)66(58)45-53)62-43-51(33-40-61(62)69)48-29-27-46(28-30-48)47-31-36-54(37-32-47)73-67(49-17-7-5-8-18-49)41-42-68(73)50-19-9-6-10-20-50/h5-19,21-45,50H,20H2,1-4H3. The summed E-state index contributed by atoms with van der Waals surface area (Å²) in [6.45, 7) is 9.54. The number of rotatable bonds is 7. The molecule has 0 radical (unpaired) electrons. The van der Waals surface area contributed by atoms with Crippen LogP contribution in [0.15, 0.2) is 243 Å². The zero-order valence-electron chi connectivity index (χ0n) is 41.8. The monoisotopic (exact) mass is 933 g/mol. The lowest BCUT2D eigenvalue weighted by molar-refractivity contribution is 0.660. The number of fused-ring (bicyclic) bond motifs is 8. The average Bonchev–Trinajstić information content (AvgIpc) is 4.06. The first-order valence-corrected chi connectivity index (χ1v) is 26.0. The first kappa shape index (κ1) is 43.3. The summed E-state index contributed by atoms with van der Waals surface area (Å²) in [6.07, 6.45) is 9.94. The van der Waals surface area contributed by atoms with Crippen molar-refractivity contribution < 1.29 is 0 Å². The van der Waals surface area contributed by atoms with E-state index in [1.807, 2.05) is 0 Å². The Kier molecular flexibility index (Phi) is 9.79. The van der Waals surface area contributed by atoms with Crippen LogP contribution in [0, 0.1) is 0 Å². The molecule has 0 saturated heterocycles. The van der Waals surface area contributed by atoms with Crippen molar-refractivity contribution in [1.29, 1.82) is 0 Å². The SMILES string of the molecule is CC1(C)c2ccccc2-c2ccc(-c3c4ccccc4c(-c4ccc5c(c4)C(C)(C)c4ccccc4-5)c4cc(-c5ccc(-c6ccc(-n7c(-c8ccccc8)ccc7C7C=CC=CC7)cc6)cc5)ccc34)cc21. The van der Waals surface area contributed by atoms with E-state index in [9.17, 15) is 0 Å². The van der Waals surface area contributed by atoms with Crippen LogP contribution in [-0.2, 0) is 10.8 Å². The van der Waals surface area contributed by atoms with Crippen LogP contribution in [0.5, 0.6) is 0 Å². The van der Waals surface area contributed by atoms with Gasteiger partial charge in [0.1, 0.15) is 0 Å². The zero-order valence-corrected chi connectivity index (χ0v) is 41.8. The summed E-state index contributed by atoms with van der Waals surface area (Å²) >= 11 is 0. The smallest absolute Gasteiger partial charge is 0.0531 e. The maximum absolute atomic E-state index is 2.50. The lowest BCUT2D eigenvalue weighted by atomic mass is 9.79. The van der Waals surface area contributed by atoms with Crippen LogP contribution < -0.4 is 0 Å². The molecular formula is C72H55N. The number of benzene rings is 10. The fraction of sp³-hybridized carbons (Fsp3) is 0.111. The van der Waals surface area contributed by atoms with E-state index >= 15 is 0 Å². The van der Waals surface area contributed by atoms with Crippen LogP contribution in [0.25, 0.3) is 105 Å². The molecule has 1 atom stereocenters. The molecule has 73 heavy (non-hydrogen) atoms. The van der Waals surface area contributed by atoms with Crippen molar-refractivity contribution in [1.82, 2.24) is 4.57 Å². The topological polar surface area (TPSA) is 4.93 Å². The molecular weight excluding hydrogens is 879 g/mol. The Bertz CT molecular complexity index is 4080. The van der Waals surface area contributed by atoms with Gasteiger partial charge in [0.25, 0.3) is 0 Å². The number of hydrogen-bond donors (Lipinski definition) is 0. The van der Waals surface area contributed by atoms with E-state index in [-0.39, 0.29) is 10.8 Å². The molecule has 11 aromatic rings. The molecule has 1 unspecified atom stereocenters. The van der Waals surface area contributed by atoms with Gasteiger partial charge in [0.2, 0.25) is 0 Å². The molecule has 0 amide bonds. The van der Waals surface area contributed by atoms with Gasteiger partial charge in [-0.25, -0.2) is 0 Å². The molecule has 1 nitrogen and oxygen atoms in total.